The summed E-state index contributed by atoms with van der Waals surface area (Å²) >= 11 is 1.60. The van der Waals surface area contributed by atoms with Crippen molar-refractivity contribution in [1.29, 1.82) is 0 Å². The van der Waals surface area contributed by atoms with Gasteiger partial charge in [-0.3, -0.25) is 24.5 Å². The van der Waals surface area contributed by atoms with Gasteiger partial charge in [0, 0.05) is 36.6 Å². The maximum absolute atomic E-state index is 13.5. The van der Waals surface area contributed by atoms with E-state index in [9.17, 15) is 24.5 Å². The van der Waals surface area contributed by atoms with Crippen LogP contribution in [0.3, 0.4) is 0 Å². The minimum absolute atomic E-state index is 0.00830. The van der Waals surface area contributed by atoms with Crippen LogP contribution in [0.15, 0.2) is 72.1 Å². The Morgan fingerprint density at radius 3 is 2.37 bits per heavy atom. The van der Waals surface area contributed by atoms with Crippen LogP contribution >= 0.6 is 11.3 Å². The fraction of sp³-hybridized carbons (Fsp3) is 0.321. The molecule has 0 bridgehead atoms. The zero-order chi connectivity index (χ0) is 26.9. The van der Waals surface area contributed by atoms with Crippen LogP contribution in [0.1, 0.15) is 22.4 Å². The van der Waals surface area contributed by atoms with Crippen LogP contribution in [-0.4, -0.2) is 64.7 Å². The Labute approximate surface area is 225 Å². The monoisotopic (exact) mass is 534 g/mol. The molecule has 1 N–H and O–H groups in total. The number of nitro benzene ring substituents is 1. The van der Waals surface area contributed by atoms with E-state index in [1.807, 2.05) is 47.8 Å². The lowest BCUT2D eigenvalue weighted by Crippen LogP contribution is -2.61. The summed E-state index contributed by atoms with van der Waals surface area (Å²) in [6.45, 7) is 1.11. The van der Waals surface area contributed by atoms with Crippen molar-refractivity contribution < 1.29 is 19.3 Å². The predicted octanol–water partition coefficient (Wildman–Crippen LogP) is 3.23. The van der Waals surface area contributed by atoms with Gasteiger partial charge < -0.3 is 15.1 Å². The average molecular weight is 535 g/mol. The second kappa shape index (κ2) is 13.0. The van der Waals surface area contributed by atoms with Gasteiger partial charge in [0.05, 0.1) is 17.9 Å². The number of carbonyl (C=O) groups excluding carboxylic acids is 3. The molecule has 0 spiro atoms. The van der Waals surface area contributed by atoms with Gasteiger partial charge >= 0.3 is 0 Å². The minimum atomic E-state index is -0.855. The van der Waals surface area contributed by atoms with Crippen LogP contribution in [0.2, 0.25) is 0 Å². The summed E-state index contributed by atoms with van der Waals surface area (Å²) in [6.07, 6.45) is 1.63. The number of amides is 3. The molecule has 198 valence electrons. The molecule has 0 aliphatic carbocycles. The number of nitrogens with zero attached hydrogens (tertiary/aromatic N) is 3. The van der Waals surface area contributed by atoms with E-state index < -0.39 is 11.0 Å². The molecule has 3 aromatic rings. The van der Waals surface area contributed by atoms with E-state index in [1.54, 1.807) is 33.3 Å². The lowest BCUT2D eigenvalue weighted by atomic mass is 10.0. The van der Waals surface area contributed by atoms with E-state index in [1.165, 1.54) is 12.1 Å². The first-order valence-corrected chi connectivity index (χ1v) is 13.4. The molecule has 1 fully saturated rings. The topological polar surface area (TPSA) is 113 Å². The third kappa shape index (κ3) is 7.25. The lowest BCUT2D eigenvalue weighted by molar-refractivity contribution is -0.384. The van der Waals surface area contributed by atoms with E-state index in [0.717, 1.165) is 16.0 Å². The molecule has 4 rings (SSSR count). The summed E-state index contributed by atoms with van der Waals surface area (Å²) in [5.41, 5.74) is 1.94. The molecule has 1 saturated heterocycles. The number of non-ortho nitro benzene ring substituents is 1. The first-order chi connectivity index (χ1) is 18.4. The number of carbonyl (C=O) groups is 3. The zero-order valence-electron chi connectivity index (χ0n) is 21.0. The van der Waals surface area contributed by atoms with Crippen molar-refractivity contribution in [3.63, 3.8) is 0 Å². The Morgan fingerprint density at radius 1 is 0.947 bits per heavy atom. The first kappa shape index (κ1) is 27.0. The summed E-state index contributed by atoms with van der Waals surface area (Å²) in [5.74, 6) is -0.681. The molecule has 0 saturated carbocycles. The highest BCUT2D eigenvalue weighted by molar-refractivity contribution is 7.09. The fourth-order valence-corrected chi connectivity index (χ4v) is 5.19. The van der Waals surface area contributed by atoms with Crippen molar-refractivity contribution in [3.8, 4) is 0 Å². The highest BCUT2D eigenvalue weighted by atomic mass is 32.1. The Balaban J connectivity index is 1.38. The van der Waals surface area contributed by atoms with E-state index >= 15 is 0 Å². The van der Waals surface area contributed by atoms with Crippen molar-refractivity contribution in [2.24, 2.45) is 0 Å². The standard InChI is InChI=1S/C28H30N4O5S/c33-26(29-15-12-22-8-10-23(11-9-22)32(36)37)19-25-28(35)30(16-13-21-5-2-1-3-6-21)20-27(34)31(25)17-14-24-7-4-18-38-24/h1-11,18,25H,12-17,19-20H2,(H,29,33). The quantitative estimate of drug-likeness (QED) is 0.283. The number of hydrogen-bond donors (Lipinski definition) is 1. The number of nitrogens with one attached hydrogen (secondary N) is 1. The zero-order valence-corrected chi connectivity index (χ0v) is 21.8. The molecular weight excluding hydrogens is 504 g/mol. The van der Waals surface area contributed by atoms with Crippen molar-refractivity contribution in [2.45, 2.75) is 31.7 Å². The molecule has 1 aromatic heterocycles. The van der Waals surface area contributed by atoms with Crippen LogP contribution < -0.4 is 5.32 Å². The number of benzene rings is 2. The smallest absolute Gasteiger partial charge is 0.269 e. The van der Waals surface area contributed by atoms with E-state index in [4.69, 9.17) is 0 Å². The second-order valence-corrected chi connectivity index (χ2v) is 10.2. The third-order valence-electron chi connectivity index (χ3n) is 6.57. The van der Waals surface area contributed by atoms with Crippen LogP contribution in [0.25, 0.3) is 0 Å². The Bertz CT molecular complexity index is 1250. The molecule has 38 heavy (non-hydrogen) atoms. The molecule has 3 amide bonds. The average Bonchev–Trinajstić information content (AvgIpc) is 3.44. The number of rotatable bonds is 12. The summed E-state index contributed by atoms with van der Waals surface area (Å²) in [6, 6.07) is 19.0. The van der Waals surface area contributed by atoms with E-state index in [0.29, 0.717) is 38.9 Å². The normalized spacial score (nSPS) is 15.5. The molecular formula is C28H30N4O5S. The van der Waals surface area contributed by atoms with Crippen LogP contribution in [0.5, 0.6) is 0 Å². The Hall–Kier alpha value is -4.05. The molecule has 10 heteroatoms. The highest BCUT2D eigenvalue weighted by Gasteiger charge is 2.40. The molecule has 1 aliphatic heterocycles. The molecule has 1 atom stereocenters. The number of nitro groups is 1. The molecule has 9 nitrogen and oxygen atoms in total. The van der Waals surface area contributed by atoms with Crippen molar-refractivity contribution >= 4 is 34.7 Å². The highest BCUT2D eigenvalue weighted by Crippen LogP contribution is 2.19. The summed E-state index contributed by atoms with van der Waals surface area (Å²) < 4.78 is 0. The van der Waals surface area contributed by atoms with Gasteiger partial charge in [-0.25, -0.2) is 0 Å². The molecule has 2 heterocycles. The summed E-state index contributed by atoms with van der Waals surface area (Å²) in [7, 11) is 0. The summed E-state index contributed by atoms with van der Waals surface area (Å²) in [5, 5.41) is 15.6. The largest absolute Gasteiger partial charge is 0.356 e. The van der Waals surface area contributed by atoms with Crippen molar-refractivity contribution in [2.75, 3.05) is 26.2 Å². The Kier molecular flexibility index (Phi) is 9.21. The predicted molar refractivity (Wildman–Crippen MR) is 145 cm³/mol. The van der Waals surface area contributed by atoms with E-state index in [2.05, 4.69) is 5.32 Å². The Morgan fingerprint density at radius 2 is 1.68 bits per heavy atom. The maximum Gasteiger partial charge on any atom is 0.269 e. The molecule has 0 radical (unpaired) electrons. The van der Waals surface area contributed by atoms with Gasteiger partial charge in [0.15, 0.2) is 0 Å². The minimum Gasteiger partial charge on any atom is -0.356 e. The molecule has 1 unspecified atom stereocenters. The number of thiophene rings is 1. The van der Waals surface area contributed by atoms with Crippen molar-refractivity contribution in [3.05, 3.63) is 98.2 Å². The van der Waals surface area contributed by atoms with Gasteiger partial charge in [-0.1, -0.05) is 48.5 Å². The second-order valence-electron chi connectivity index (χ2n) is 9.16. The van der Waals surface area contributed by atoms with Gasteiger partial charge in [-0.2, -0.15) is 0 Å². The summed E-state index contributed by atoms with van der Waals surface area (Å²) in [4.78, 5) is 54.1. The number of hydrogen-bond acceptors (Lipinski definition) is 6. The van der Waals surface area contributed by atoms with Gasteiger partial charge in [0.25, 0.3) is 5.69 Å². The SMILES string of the molecule is O=C(CC1C(=O)N(CCc2ccccc2)CC(=O)N1CCc1cccs1)NCCc1ccc([N+](=O)[O-])cc1. The van der Waals surface area contributed by atoms with Crippen LogP contribution in [0.4, 0.5) is 5.69 Å². The van der Waals surface area contributed by atoms with Crippen molar-refractivity contribution in [1.82, 2.24) is 15.1 Å². The van der Waals surface area contributed by atoms with Crippen LogP contribution in [0, 0.1) is 10.1 Å². The molecule has 1 aliphatic rings. The number of piperazine rings is 1. The van der Waals surface area contributed by atoms with Gasteiger partial charge in [-0.15, -0.1) is 11.3 Å². The lowest BCUT2D eigenvalue weighted by Gasteiger charge is -2.40. The van der Waals surface area contributed by atoms with Gasteiger partial charge in [-0.05, 0) is 41.8 Å². The fourth-order valence-electron chi connectivity index (χ4n) is 4.49. The first-order valence-electron chi connectivity index (χ1n) is 12.6. The van der Waals surface area contributed by atoms with E-state index in [-0.39, 0.29) is 36.4 Å². The van der Waals surface area contributed by atoms with Gasteiger partial charge in [0.1, 0.15) is 6.04 Å². The van der Waals surface area contributed by atoms with Gasteiger partial charge in [0.2, 0.25) is 17.7 Å². The third-order valence-corrected chi connectivity index (χ3v) is 7.51. The maximum atomic E-state index is 13.5. The molecule has 2 aromatic carbocycles. The van der Waals surface area contributed by atoms with Crippen LogP contribution in [-0.2, 0) is 33.6 Å².